The van der Waals surface area contributed by atoms with Crippen molar-refractivity contribution in [1.29, 1.82) is 0 Å². The number of piperidine rings is 1. The molecule has 8 heteroatoms. The van der Waals surface area contributed by atoms with E-state index < -0.39 is 4.92 Å². The molecule has 1 saturated heterocycles. The molecule has 1 aromatic heterocycles. The Morgan fingerprint density at radius 2 is 2.00 bits per heavy atom. The van der Waals surface area contributed by atoms with Crippen LogP contribution in [-0.2, 0) is 6.54 Å². The number of nitro groups is 1. The van der Waals surface area contributed by atoms with Crippen LogP contribution in [0.2, 0.25) is 0 Å². The second-order valence-electron chi connectivity index (χ2n) is 8.12. The predicted molar refractivity (Wildman–Crippen MR) is 116 cm³/mol. The molecule has 2 aromatic rings. The number of hydrogen-bond donors (Lipinski definition) is 1. The van der Waals surface area contributed by atoms with Gasteiger partial charge >= 0.3 is 5.69 Å². The molecule has 1 aliphatic heterocycles. The van der Waals surface area contributed by atoms with Gasteiger partial charge in [-0.05, 0) is 64.3 Å². The van der Waals surface area contributed by atoms with E-state index in [9.17, 15) is 14.9 Å². The highest BCUT2D eigenvalue weighted by molar-refractivity contribution is 5.94. The van der Waals surface area contributed by atoms with E-state index in [0.29, 0.717) is 36.1 Å². The molecule has 1 aliphatic rings. The monoisotopic (exact) mass is 413 g/mol. The number of nitrogens with zero attached hydrogens (tertiary/aromatic N) is 4. The van der Waals surface area contributed by atoms with Crippen LogP contribution in [0, 0.1) is 24.0 Å². The Morgan fingerprint density at radius 1 is 1.27 bits per heavy atom. The molecule has 0 aliphatic carbocycles. The highest BCUT2D eigenvalue weighted by Gasteiger charge is 2.21. The number of nitrogens with one attached hydrogen (secondary N) is 1. The molecule has 0 saturated carbocycles. The third-order valence-corrected chi connectivity index (χ3v) is 5.92. The van der Waals surface area contributed by atoms with Crippen LogP contribution in [0.15, 0.2) is 24.3 Å². The van der Waals surface area contributed by atoms with E-state index in [2.05, 4.69) is 22.2 Å². The van der Waals surface area contributed by atoms with Crippen molar-refractivity contribution in [2.24, 2.45) is 0 Å². The Kier molecular flexibility index (Phi) is 7.20. The minimum absolute atomic E-state index is 0.0601. The molecule has 0 spiro atoms. The Balaban J connectivity index is 1.50. The van der Waals surface area contributed by atoms with Crippen molar-refractivity contribution in [3.8, 4) is 0 Å². The van der Waals surface area contributed by atoms with Gasteiger partial charge in [0, 0.05) is 24.7 Å². The van der Waals surface area contributed by atoms with Crippen LogP contribution in [-0.4, -0.2) is 51.2 Å². The minimum atomic E-state index is -0.395. The average molecular weight is 414 g/mol. The fourth-order valence-corrected chi connectivity index (χ4v) is 4.12. The summed E-state index contributed by atoms with van der Waals surface area (Å²) in [5.74, 6) is -0.0741. The van der Waals surface area contributed by atoms with E-state index in [1.165, 1.54) is 19.3 Å². The van der Waals surface area contributed by atoms with Crippen molar-refractivity contribution < 1.29 is 9.72 Å². The van der Waals surface area contributed by atoms with Crippen LogP contribution in [0.25, 0.3) is 0 Å². The number of benzene rings is 1. The van der Waals surface area contributed by atoms with Crippen LogP contribution in [0.3, 0.4) is 0 Å². The van der Waals surface area contributed by atoms with E-state index in [4.69, 9.17) is 0 Å². The largest absolute Gasteiger partial charge is 0.352 e. The lowest BCUT2D eigenvalue weighted by Gasteiger charge is -2.33. The first-order valence-electron chi connectivity index (χ1n) is 10.7. The van der Waals surface area contributed by atoms with Crippen LogP contribution in [0.4, 0.5) is 5.69 Å². The quantitative estimate of drug-likeness (QED) is 0.406. The lowest BCUT2D eigenvalue weighted by molar-refractivity contribution is -0.386. The third-order valence-electron chi connectivity index (χ3n) is 5.92. The van der Waals surface area contributed by atoms with Crippen LogP contribution in [0.5, 0.6) is 0 Å². The molecule has 1 fully saturated rings. The van der Waals surface area contributed by atoms with E-state index >= 15 is 0 Å². The fraction of sp³-hybridized carbons (Fsp3) is 0.545. The van der Waals surface area contributed by atoms with Gasteiger partial charge in [-0.25, -0.2) is 0 Å². The summed E-state index contributed by atoms with van der Waals surface area (Å²) >= 11 is 0. The Bertz CT molecular complexity index is 891. The number of carbonyl (C=O) groups excluding carboxylic acids is 1. The van der Waals surface area contributed by atoms with E-state index in [1.807, 2.05) is 12.1 Å². The van der Waals surface area contributed by atoms with Crippen molar-refractivity contribution in [2.75, 3.05) is 19.6 Å². The van der Waals surface area contributed by atoms with Gasteiger partial charge in [0.15, 0.2) is 0 Å². The van der Waals surface area contributed by atoms with Crippen molar-refractivity contribution >= 4 is 11.6 Å². The Labute approximate surface area is 177 Å². The molecular formula is C22H31N5O3. The van der Waals surface area contributed by atoms with Gasteiger partial charge in [0.05, 0.1) is 11.5 Å². The Morgan fingerprint density at radius 3 is 2.63 bits per heavy atom. The van der Waals surface area contributed by atoms with E-state index in [1.54, 1.807) is 30.7 Å². The molecule has 2 heterocycles. The van der Waals surface area contributed by atoms with Gasteiger partial charge in [-0.2, -0.15) is 5.10 Å². The Hall–Kier alpha value is -2.74. The summed E-state index contributed by atoms with van der Waals surface area (Å²) in [5.41, 5.74) is 2.55. The first-order chi connectivity index (χ1) is 14.4. The molecular weight excluding hydrogens is 382 g/mol. The second-order valence-corrected chi connectivity index (χ2v) is 8.12. The zero-order valence-electron chi connectivity index (χ0n) is 18.1. The molecule has 30 heavy (non-hydrogen) atoms. The lowest BCUT2D eigenvalue weighted by Crippen LogP contribution is -2.39. The number of carbonyl (C=O) groups is 1. The maximum Gasteiger partial charge on any atom is 0.312 e. The standard InChI is InChI=1S/C22H31N5O3/c1-16-7-4-5-13-25(16)14-6-12-23-22(28)20-10-8-19(9-11-20)15-26-18(3)21(27(29)30)17(2)24-26/h8-11,16H,4-7,12-15H2,1-3H3,(H,23,28)/t16-/m0/s1. The highest BCUT2D eigenvalue weighted by atomic mass is 16.6. The van der Waals surface area contributed by atoms with Crippen LogP contribution < -0.4 is 5.32 Å². The smallest absolute Gasteiger partial charge is 0.312 e. The highest BCUT2D eigenvalue weighted by Crippen LogP contribution is 2.22. The van der Waals surface area contributed by atoms with Gasteiger partial charge in [-0.15, -0.1) is 0 Å². The van der Waals surface area contributed by atoms with Gasteiger partial charge in [0.1, 0.15) is 11.4 Å². The molecule has 1 aromatic carbocycles. The summed E-state index contributed by atoms with van der Waals surface area (Å²) in [6.07, 6.45) is 4.81. The second kappa shape index (κ2) is 9.84. The van der Waals surface area contributed by atoms with Crippen LogP contribution in [0.1, 0.15) is 59.9 Å². The summed E-state index contributed by atoms with van der Waals surface area (Å²) in [5, 5.41) is 18.4. The van der Waals surface area contributed by atoms with Gasteiger partial charge in [-0.1, -0.05) is 18.6 Å². The molecule has 0 bridgehead atoms. The number of likely N-dealkylation sites (tertiary alicyclic amines) is 1. The molecule has 0 unspecified atom stereocenters. The van der Waals surface area contributed by atoms with Gasteiger partial charge in [-0.3, -0.25) is 19.6 Å². The summed E-state index contributed by atoms with van der Waals surface area (Å²) in [6.45, 7) is 8.90. The first kappa shape index (κ1) is 22.0. The zero-order chi connectivity index (χ0) is 21.7. The SMILES string of the molecule is Cc1nn(Cc2ccc(C(=O)NCCCN3CCCC[C@@H]3C)cc2)c(C)c1[N+](=O)[O-]. The normalized spacial score (nSPS) is 17.1. The van der Waals surface area contributed by atoms with E-state index in [-0.39, 0.29) is 11.6 Å². The maximum absolute atomic E-state index is 12.4. The molecule has 0 radical (unpaired) electrons. The van der Waals surface area contributed by atoms with E-state index in [0.717, 1.165) is 25.1 Å². The van der Waals surface area contributed by atoms with Crippen molar-refractivity contribution in [1.82, 2.24) is 20.0 Å². The summed E-state index contributed by atoms with van der Waals surface area (Å²) in [6, 6.07) is 7.96. The molecule has 1 amide bonds. The molecule has 162 valence electrons. The average Bonchev–Trinajstić information content (AvgIpc) is 3.00. The molecule has 1 N–H and O–H groups in total. The minimum Gasteiger partial charge on any atom is -0.352 e. The van der Waals surface area contributed by atoms with Gasteiger partial charge < -0.3 is 10.2 Å². The number of hydrogen-bond acceptors (Lipinski definition) is 5. The molecule has 1 atom stereocenters. The fourth-order valence-electron chi connectivity index (χ4n) is 4.12. The van der Waals surface area contributed by atoms with Crippen molar-refractivity contribution in [3.63, 3.8) is 0 Å². The lowest BCUT2D eigenvalue weighted by atomic mass is 10.0. The van der Waals surface area contributed by atoms with Crippen molar-refractivity contribution in [2.45, 2.75) is 59.0 Å². The molecule has 3 rings (SSSR count). The predicted octanol–water partition coefficient (Wildman–Crippen LogP) is 3.45. The maximum atomic E-state index is 12.4. The summed E-state index contributed by atoms with van der Waals surface area (Å²) in [7, 11) is 0. The van der Waals surface area contributed by atoms with Gasteiger partial charge in [0.25, 0.3) is 5.91 Å². The topological polar surface area (TPSA) is 93.3 Å². The summed E-state index contributed by atoms with van der Waals surface area (Å²) < 4.78 is 1.63. The first-order valence-corrected chi connectivity index (χ1v) is 10.7. The molecule has 8 nitrogen and oxygen atoms in total. The zero-order valence-corrected chi connectivity index (χ0v) is 18.1. The number of amides is 1. The van der Waals surface area contributed by atoms with Crippen LogP contribution >= 0.6 is 0 Å². The third kappa shape index (κ3) is 5.24. The van der Waals surface area contributed by atoms with Gasteiger partial charge in [0.2, 0.25) is 0 Å². The summed E-state index contributed by atoms with van der Waals surface area (Å²) in [4.78, 5) is 25.6. The van der Waals surface area contributed by atoms with Crippen molar-refractivity contribution in [3.05, 3.63) is 56.9 Å². The number of aryl methyl sites for hydroxylation is 1. The number of rotatable bonds is 8. The number of aromatic nitrogens is 2.